The van der Waals surface area contributed by atoms with Crippen molar-refractivity contribution in [2.45, 2.75) is 75.3 Å². The number of pyridine rings is 1. The predicted molar refractivity (Wildman–Crippen MR) is 167 cm³/mol. The normalized spacial score (nSPS) is 22.6. The number of methoxy groups -OCH3 is 1. The van der Waals surface area contributed by atoms with Gasteiger partial charge in [-0.2, -0.15) is 5.26 Å². The highest BCUT2D eigenvalue weighted by atomic mass is 32.5. The number of likely N-dealkylation sites (tertiary alicyclic amines) is 2. The Morgan fingerprint density at radius 3 is 2.31 bits per heavy atom. The highest BCUT2D eigenvalue weighted by Crippen LogP contribution is 3.02. The van der Waals surface area contributed by atoms with Crippen LogP contribution in [0.1, 0.15) is 52.1 Å². The third kappa shape index (κ3) is 8.64. The minimum absolute atomic E-state index is 0.0172. The van der Waals surface area contributed by atoms with Crippen molar-refractivity contribution in [3.63, 3.8) is 0 Å². The maximum Gasteiger partial charge on any atom is 0.410 e. The second kappa shape index (κ2) is 12.7. The van der Waals surface area contributed by atoms with Gasteiger partial charge in [0.05, 0.1) is 12.6 Å². The molecule has 17 heteroatoms. The molecule has 5 atom stereocenters. The Morgan fingerprint density at radius 2 is 1.77 bits per heavy atom. The Kier molecular flexibility index (Phi) is 9.70. The van der Waals surface area contributed by atoms with Crippen LogP contribution in [0, 0.1) is 17.4 Å². The van der Waals surface area contributed by atoms with Gasteiger partial charge in [0, 0.05) is 56.3 Å². The molecule has 0 aliphatic carbocycles. The lowest BCUT2D eigenvalue weighted by Crippen LogP contribution is -2.52. The summed E-state index contributed by atoms with van der Waals surface area (Å²) in [6.45, 7) is 7.63. The number of nitriles is 1. The van der Waals surface area contributed by atoms with Gasteiger partial charge in [-0.05, 0) is 70.4 Å². The Bertz CT molecular complexity index is 1550. The summed E-state index contributed by atoms with van der Waals surface area (Å²) in [7, 11) is -8.68. The van der Waals surface area contributed by atoms with Gasteiger partial charge in [0.1, 0.15) is 22.6 Å². The Morgan fingerprint density at radius 1 is 1.10 bits per heavy atom. The first-order valence-corrected chi connectivity index (χ1v) is 17.1. The van der Waals surface area contributed by atoms with Gasteiger partial charge in [0.2, 0.25) is 5.91 Å². The fraction of sp³-hybridized carbons (Fsp3) is 0.516. The highest BCUT2D eigenvalue weighted by molar-refractivity contribution is 8.45. The van der Waals surface area contributed by atoms with Crippen LogP contribution < -0.4 is 10.2 Å². The predicted octanol–water partition coefficient (Wildman–Crippen LogP) is 6.15. The van der Waals surface area contributed by atoms with E-state index in [-0.39, 0.29) is 48.8 Å². The van der Waals surface area contributed by atoms with Crippen LogP contribution in [0.4, 0.5) is 29.9 Å². The van der Waals surface area contributed by atoms with E-state index in [1.54, 1.807) is 27.7 Å². The largest absolute Gasteiger partial charge is 0.444 e. The summed E-state index contributed by atoms with van der Waals surface area (Å²) < 4.78 is 78.9. The lowest BCUT2D eigenvalue weighted by Gasteiger charge is -2.41. The van der Waals surface area contributed by atoms with Crippen LogP contribution >= 0.6 is 10.2 Å². The van der Waals surface area contributed by atoms with Gasteiger partial charge in [0.15, 0.2) is 6.19 Å². The zero-order valence-electron chi connectivity index (χ0n) is 27.1. The Hall–Kier alpha value is -4.17. The summed E-state index contributed by atoms with van der Waals surface area (Å²) >= 11 is 0. The third-order valence-corrected chi connectivity index (χ3v) is 9.43. The first kappa shape index (κ1) is 36.7. The van der Waals surface area contributed by atoms with E-state index < -0.39 is 62.9 Å². The van der Waals surface area contributed by atoms with E-state index in [4.69, 9.17) is 9.47 Å². The first-order chi connectivity index (χ1) is 22.1. The van der Waals surface area contributed by atoms with E-state index in [0.29, 0.717) is 25.1 Å². The van der Waals surface area contributed by atoms with Crippen molar-refractivity contribution in [3.8, 4) is 6.19 Å². The molecular weight excluding hydrogens is 663 g/mol. The van der Waals surface area contributed by atoms with Crippen LogP contribution in [0.5, 0.6) is 0 Å². The molecule has 264 valence electrons. The number of hydrogen-bond donors (Lipinski definition) is 1. The number of benzene rings is 1. The van der Waals surface area contributed by atoms with Crippen molar-refractivity contribution in [2.75, 3.05) is 31.6 Å². The second-order valence-electron chi connectivity index (χ2n) is 13.0. The molecule has 3 amide bonds. The average Bonchev–Trinajstić information content (AvgIpc) is 3.66. The molecule has 1 aromatic heterocycles. The fourth-order valence-electron chi connectivity index (χ4n) is 5.81. The van der Waals surface area contributed by atoms with E-state index in [1.807, 2.05) is 6.19 Å². The molecule has 0 spiro atoms. The molecule has 48 heavy (non-hydrogen) atoms. The van der Waals surface area contributed by atoms with Crippen molar-refractivity contribution >= 4 is 33.8 Å². The quantitative estimate of drug-likeness (QED) is 0.244. The molecule has 4 rings (SSSR count). The van der Waals surface area contributed by atoms with Crippen LogP contribution in [0.15, 0.2) is 53.7 Å². The molecule has 11 nitrogen and oxygen atoms in total. The highest BCUT2D eigenvalue weighted by Gasteiger charge is 2.65. The first-order valence-electron chi connectivity index (χ1n) is 15.2. The number of aromatic nitrogens is 1. The summed E-state index contributed by atoms with van der Waals surface area (Å²) in [5.74, 6) is -1.81. The van der Waals surface area contributed by atoms with E-state index in [9.17, 15) is 39.1 Å². The number of halogens is 5. The Balaban J connectivity index is 1.72. The number of nitrogens with one attached hydrogen (secondary N) is 1. The number of amides is 3. The standard InChI is InChI=1S/C31H39F5N6O5S/c1-20(22-12-14-40(17-22)30(45)47-31(2,3)4)39-28(43)27(21-7-6-13-38-16-21)42(29(44)26-15-24(46-5)18-41(26)19-37)23-8-10-25(11-9-23)48(32,33,34,35)36/h6-11,13,16,20,22,24,26-27H,12,14-15,17-18H2,1-5H3,(H,39,43). The topological polar surface area (TPSA) is 128 Å². The monoisotopic (exact) mass is 702 g/mol. The van der Waals surface area contributed by atoms with E-state index in [1.165, 1.54) is 36.5 Å². The van der Waals surface area contributed by atoms with Crippen LogP contribution in [-0.4, -0.2) is 83.2 Å². The molecule has 1 aromatic carbocycles. The molecule has 2 saturated heterocycles. The minimum Gasteiger partial charge on any atom is -0.444 e. The SMILES string of the molecule is COC1CC(C(=O)N(c2ccc(S(F)(F)(F)(F)F)cc2)C(C(=O)NC(C)C2CCN(C(=O)OC(C)(C)C)C2)c2cccnc2)N(C#N)C1. The van der Waals surface area contributed by atoms with E-state index in [0.717, 1.165) is 9.80 Å². The van der Waals surface area contributed by atoms with Gasteiger partial charge in [-0.3, -0.25) is 24.4 Å². The van der Waals surface area contributed by atoms with Crippen molar-refractivity contribution in [1.29, 1.82) is 5.26 Å². The summed E-state index contributed by atoms with van der Waals surface area (Å²) in [4.78, 5) is 46.6. The van der Waals surface area contributed by atoms with Crippen LogP contribution in [0.2, 0.25) is 0 Å². The lowest BCUT2D eigenvalue weighted by molar-refractivity contribution is -0.128. The zero-order chi connectivity index (χ0) is 35.7. The number of ether oxygens (including phenoxy) is 2. The summed E-state index contributed by atoms with van der Waals surface area (Å²) in [5, 5.41) is 12.7. The van der Waals surface area contributed by atoms with Gasteiger partial charge in [-0.25, -0.2) is 4.79 Å². The molecule has 2 fully saturated rings. The second-order valence-corrected chi connectivity index (χ2v) is 15.4. The molecule has 2 aromatic rings. The maximum atomic E-state index is 14.3. The maximum absolute atomic E-state index is 14.3. The van der Waals surface area contributed by atoms with Gasteiger partial charge in [0.25, 0.3) is 5.91 Å². The number of anilines is 1. The molecule has 3 heterocycles. The molecule has 0 bridgehead atoms. The summed E-state index contributed by atoms with van der Waals surface area (Å²) in [6, 6.07) is 1.40. The molecular formula is C31H39F5N6O5S. The zero-order valence-corrected chi connectivity index (χ0v) is 27.9. The molecule has 5 unspecified atom stereocenters. The van der Waals surface area contributed by atoms with E-state index >= 15 is 0 Å². The molecule has 2 aliphatic heterocycles. The summed E-state index contributed by atoms with van der Waals surface area (Å²) in [5.41, 5.74) is -0.835. The lowest BCUT2D eigenvalue weighted by atomic mass is 9.98. The van der Waals surface area contributed by atoms with Crippen LogP contribution in [0.3, 0.4) is 0 Å². The van der Waals surface area contributed by atoms with Gasteiger partial charge in [-0.15, -0.1) is 0 Å². The fourth-order valence-corrected chi connectivity index (χ4v) is 6.46. The number of hydrogen-bond acceptors (Lipinski definition) is 8. The number of rotatable bonds is 9. The average molecular weight is 703 g/mol. The van der Waals surface area contributed by atoms with Gasteiger partial charge >= 0.3 is 16.3 Å². The van der Waals surface area contributed by atoms with E-state index in [2.05, 4.69) is 10.3 Å². The van der Waals surface area contributed by atoms with Crippen molar-refractivity contribution < 1.29 is 43.3 Å². The van der Waals surface area contributed by atoms with Crippen molar-refractivity contribution in [3.05, 3.63) is 54.4 Å². The van der Waals surface area contributed by atoms with Gasteiger partial charge < -0.3 is 19.7 Å². The summed E-state index contributed by atoms with van der Waals surface area (Å²) in [6.07, 6.45) is 4.12. The minimum atomic E-state index is -10.1. The van der Waals surface area contributed by atoms with Crippen LogP contribution in [-0.2, 0) is 19.1 Å². The van der Waals surface area contributed by atoms with Gasteiger partial charge in [-0.1, -0.05) is 25.5 Å². The Labute approximate surface area is 275 Å². The van der Waals surface area contributed by atoms with Crippen molar-refractivity contribution in [1.82, 2.24) is 20.1 Å². The van der Waals surface area contributed by atoms with Crippen LogP contribution in [0.25, 0.3) is 0 Å². The molecule has 0 radical (unpaired) electrons. The number of carbonyl (C=O) groups is 3. The smallest absolute Gasteiger partial charge is 0.410 e. The molecule has 0 saturated carbocycles. The number of nitrogens with zero attached hydrogens (tertiary/aromatic N) is 5. The molecule has 2 aliphatic rings. The van der Waals surface area contributed by atoms with Crippen molar-refractivity contribution in [2.24, 2.45) is 5.92 Å². The number of carbonyl (C=O) groups excluding carboxylic acids is 3. The third-order valence-electron chi connectivity index (χ3n) is 8.27. The molecule has 1 N–H and O–H groups in total.